The molecule has 0 aliphatic rings. The van der Waals surface area contributed by atoms with Crippen LogP contribution >= 0.6 is 0 Å². The Bertz CT molecular complexity index is 1060. The van der Waals surface area contributed by atoms with Crippen LogP contribution < -0.4 is 4.72 Å². The van der Waals surface area contributed by atoms with Gasteiger partial charge in [-0.25, -0.2) is 13.4 Å². The first-order chi connectivity index (χ1) is 13.1. The predicted molar refractivity (Wildman–Crippen MR) is 112 cm³/mol. The van der Waals surface area contributed by atoms with E-state index < -0.39 is 16.1 Å². The van der Waals surface area contributed by atoms with Crippen LogP contribution in [0.15, 0.2) is 65.8 Å². The Balaban J connectivity index is 2.07. The lowest BCUT2D eigenvalue weighted by Gasteiger charge is -2.23. The topological polar surface area (TPSA) is 64.0 Å². The van der Waals surface area contributed by atoms with Gasteiger partial charge >= 0.3 is 0 Å². The molecule has 5 nitrogen and oxygen atoms in total. The summed E-state index contributed by atoms with van der Waals surface area (Å²) in [5.41, 5.74) is 2.39. The molecule has 0 fully saturated rings. The summed E-state index contributed by atoms with van der Waals surface area (Å²) in [6, 6.07) is 14.6. The number of rotatable bonds is 5. The molecule has 0 aliphatic heterocycles. The highest BCUT2D eigenvalue weighted by atomic mass is 32.2. The van der Waals surface area contributed by atoms with Gasteiger partial charge in [0.05, 0.1) is 4.90 Å². The van der Waals surface area contributed by atoms with Gasteiger partial charge in [-0.2, -0.15) is 4.72 Å². The molecule has 0 aliphatic carbocycles. The van der Waals surface area contributed by atoms with E-state index in [1.54, 1.807) is 12.3 Å². The normalized spacial score (nSPS) is 13.5. The average molecular weight is 398 g/mol. The fraction of sp³-hybridized carbons (Fsp3) is 0.318. The Kier molecular flexibility index (Phi) is 5.46. The number of nitrogens with one attached hydrogen (secondary N) is 1. The van der Waals surface area contributed by atoms with Crippen LogP contribution in [0.25, 0.3) is 0 Å². The number of aryl methyl sites for hydroxylation is 2. The van der Waals surface area contributed by atoms with E-state index in [2.05, 4.69) is 30.5 Å². The summed E-state index contributed by atoms with van der Waals surface area (Å²) in [5, 5.41) is 0. The molecule has 1 heterocycles. The molecule has 1 aromatic heterocycles. The molecule has 0 saturated carbocycles. The first-order valence-electron chi connectivity index (χ1n) is 9.25. The van der Waals surface area contributed by atoms with Crippen molar-refractivity contribution in [1.82, 2.24) is 14.3 Å². The lowest BCUT2D eigenvalue weighted by atomic mass is 9.87. The van der Waals surface area contributed by atoms with Crippen LogP contribution in [0.2, 0.25) is 0 Å². The number of sulfonamides is 1. The van der Waals surface area contributed by atoms with Crippen LogP contribution in [0.3, 0.4) is 0 Å². The first-order valence-corrected chi connectivity index (χ1v) is 10.7. The van der Waals surface area contributed by atoms with Gasteiger partial charge < -0.3 is 4.57 Å². The predicted octanol–water partition coefficient (Wildman–Crippen LogP) is 4.09. The van der Waals surface area contributed by atoms with Gasteiger partial charge in [-0.3, -0.25) is 0 Å². The van der Waals surface area contributed by atoms with Crippen molar-refractivity contribution in [2.75, 3.05) is 0 Å². The molecule has 1 atom stereocenters. The molecular formula is C22H27N3O2S. The van der Waals surface area contributed by atoms with Gasteiger partial charge in [0, 0.05) is 19.4 Å². The van der Waals surface area contributed by atoms with Crippen LogP contribution in [0, 0.1) is 6.92 Å². The maximum Gasteiger partial charge on any atom is 0.241 e. The second-order valence-electron chi connectivity index (χ2n) is 8.09. The van der Waals surface area contributed by atoms with Crippen molar-refractivity contribution in [2.24, 2.45) is 7.05 Å². The summed E-state index contributed by atoms with van der Waals surface area (Å²) in [4.78, 5) is 4.69. The highest BCUT2D eigenvalue weighted by Crippen LogP contribution is 2.29. The fourth-order valence-corrected chi connectivity index (χ4v) is 4.60. The van der Waals surface area contributed by atoms with E-state index in [9.17, 15) is 8.42 Å². The average Bonchev–Trinajstić information content (AvgIpc) is 3.05. The van der Waals surface area contributed by atoms with E-state index >= 15 is 0 Å². The van der Waals surface area contributed by atoms with Crippen LogP contribution in [-0.4, -0.2) is 18.0 Å². The van der Waals surface area contributed by atoms with E-state index in [1.807, 2.05) is 67.2 Å². The largest absolute Gasteiger partial charge is 0.336 e. The molecule has 148 valence electrons. The molecule has 0 spiro atoms. The molecule has 28 heavy (non-hydrogen) atoms. The van der Waals surface area contributed by atoms with Gasteiger partial charge in [0.25, 0.3) is 0 Å². The van der Waals surface area contributed by atoms with E-state index in [-0.39, 0.29) is 5.41 Å². The number of hydrogen-bond donors (Lipinski definition) is 1. The van der Waals surface area contributed by atoms with E-state index in [1.165, 1.54) is 0 Å². The molecule has 3 aromatic rings. The molecule has 1 N–H and O–H groups in total. The fourth-order valence-electron chi connectivity index (χ4n) is 3.15. The summed E-state index contributed by atoms with van der Waals surface area (Å²) < 4.78 is 31.5. The number of benzene rings is 2. The third kappa shape index (κ3) is 4.18. The SMILES string of the molecule is Cc1ccc(C(C)(C)C)cc1S(=O)(=O)NC(c1ccccc1)c1nccn1C. The Labute approximate surface area is 167 Å². The maximum atomic E-state index is 13.4. The van der Waals surface area contributed by atoms with Gasteiger partial charge in [0.15, 0.2) is 0 Å². The quantitative estimate of drug-likeness (QED) is 0.705. The summed E-state index contributed by atoms with van der Waals surface area (Å²) in [6.07, 6.45) is 3.48. The Morgan fingerprint density at radius 1 is 1.07 bits per heavy atom. The van der Waals surface area contributed by atoms with Crippen LogP contribution in [-0.2, 0) is 22.5 Å². The number of imidazole rings is 1. The van der Waals surface area contributed by atoms with Gasteiger partial charge in [0.1, 0.15) is 11.9 Å². The molecule has 3 rings (SSSR count). The lowest BCUT2D eigenvalue weighted by molar-refractivity contribution is 0.560. The van der Waals surface area contributed by atoms with Crippen molar-refractivity contribution in [1.29, 1.82) is 0 Å². The zero-order valence-electron chi connectivity index (χ0n) is 17.0. The first kappa shape index (κ1) is 20.3. The Morgan fingerprint density at radius 3 is 2.32 bits per heavy atom. The van der Waals surface area contributed by atoms with Crippen LogP contribution in [0.4, 0.5) is 0 Å². The second-order valence-corrected chi connectivity index (χ2v) is 9.77. The highest BCUT2D eigenvalue weighted by Gasteiger charge is 2.27. The van der Waals surface area contributed by atoms with Crippen LogP contribution in [0.1, 0.15) is 49.3 Å². The summed E-state index contributed by atoms with van der Waals surface area (Å²) >= 11 is 0. The smallest absolute Gasteiger partial charge is 0.241 e. The number of aromatic nitrogens is 2. The van der Waals surface area contributed by atoms with E-state index in [4.69, 9.17) is 0 Å². The monoisotopic (exact) mass is 397 g/mol. The zero-order valence-corrected chi connectivity index (χ0v) is 17.8. The van der Waals surface area contributed by atoms with Gasteiger partial charge in [0.2, 0.25) is 10.0 Å². The molecule has 0 bridgehead atoms. The highest BCUT2D eigenvalue weighted by molar-refractivity contribution is 7.89. The number of nitrogens with zero attached hydrogens (tertiary/aromatic N) is 2. The van der Waals surface area contributed by atoms with Gasteiger partial charge in [-0.05, 0) is 35.1 Å². The molecule has 0 amide bonds. The minimum Gasteiger partial charge on any atom is -0.336 e. The molecule has 6 heteroatoms. The van der Waals surface area contributed by atoms with Crippen molar-refractivity contribution in [3.05, 3.63) is 83.4 Å². The van der Waals surface area contributed by atoms with Crippen molar-refractivity contribution >= 4 is 10.0 Å². The van der Waals surface area contributed by atoms with E-state index in [0.717, 1.165) is 11.1 Å². The standard InChI is InChI=1S/C22H27N3O2S/c1-16-11-12-18(22(2,3)4)15-19(16)28(26,27)24-20(17-9-7-6-8-10-17)21-23-13-14-25(21)5/h6-15,20,24H,1-5H3. The third-order valence-electron chi connectivity index (χ3n) is 4.87. The van der Waals surface area contributed by atoms with Crippen molar-refractivity contribution in [3.8, 4) is 0 Å². The minimum atomic E-state index is -3.77. The molecule has 0 saturated heterocycles. The third-order valence-corrected chi connectivity index (χ3v) is 6.43. The van der Waals surface area contributed by atoms with Crippen molar-refractivity contribution in [2.45, 2.75) is 44.0 Å². The second kappa shape index (κ2) is 7.53. The molecule has 2 aromatic carbocycles. The Morgan fingerprint density at radius 2 is 1.75 bits per heavy atom. The summed E-state index contributed by atoms with van der Waals surface area (Å²) in [5.74, 6) is 0.638. The van der Waals surface area contributed by atoms with E-state index in [0.29, 0.717) is 16.3 Å². The summed E-state index contributed by atoms with van der Waals surface area (Å²) in [6.45, 7) is 8.03. The molecular weight excluding hydrogens is 370 g/mol. The van der Waals surface area contributed by atoms with Gasteiger partial charge in [-0.1, -0.05) is 63.2 Å². The molecule has 1 unspecified atom stereocenters. The summed E-state index contributed by atoms with van der Waals surface area (Å²) in [7, 11) is -1.91. The minimum absolute atomic E-state index is 0.142. The van der Waals surface area contributed by atoms with Crippen molar-refractivity contribution in [3.63, 3.8) is 0 Å². The van der Waals surface area contributed by atoms with Crippen LogP contribution in [0.5, 0.6) is 0 Å². The zero-order chi connectivity index (χ0) is 20.5. The molecule has 0 radical (unpaired) electrons. The number of hydrogen-bond acceptors (Lipinski definition) is 3. The lowest BCUT2D eigenvalue weighted by Crippen LogP contribution is -2.32. The van der Waals surface area contributed by atoms with Gasteiger partial charge in [-0.15, -0.1) is 0 Å². The van der Waals surface area contributed by atoms with Crippen molar-refractivity contribution < 1.29 is 8.42 Å². The Hall–Kier alpha value is -2.44. The maximum absolute atomic E-state index is 13.4.